The van der Waals surface area contributed by atoms with Gasteiger partial charge in [0, 0.05) is 6.07 Å². The highest BCUT2D eigenvalue weighted by molar-refractivity contribution is 5.92. The van der Waals surface area contributed by atoms with Crippen molar-refractivity contribution in [3.05, 3.63) is 65.2 Å². The van der Waals surface area contributed by atoms with Crippen molar-refractivity contribution in [1.29, 1.82) is 0 Å². The molecule has 1 unspecified atom stereocenters. The summed E-state index contributed by atoms with van der Waals surface area (Å²) in [5, 5.41) is 2.93. The standard InChI is InChI=1S/C18H16FN3O/c1-2-11-3-5-12(6-4-11)9-15-17-20-14-8-7-13(19)10-16(14)22(17)18(23)21-15/h3-8,10,15H,2,9H2,1H3,(H,21,23). The molecule has 0 fully saturated rings. The Kier molecular flexibility index (Phi) is 3.15. The fraction of sp³-hybridized carbons (Fsp3) is 0.222. The van der Waals surface area contributed by atoms with Crippen LogP contribution in [0.3, 0.4) is 0 Å². The Hall–Kier alpha value is -2.69. The van der Waals surface area contributed by atoms with Crippen LogP contribution in [0.15, 0.2) is 42.5 Å². The summed E-state index contributed by atoms with van der Waals surface area (Å²) >= 11 is 0. The van der Waals surface area contributed by atoms with Crippen molar-refractivity contribution >= 4 is 17.1 Å². The summed E-state index contributed by atoms with van der Waals surface area (Å²) in [5.74, 6) is 0.279. The third kappa shape index (κ3) is 2.29. The molecule has 1 amide bonds. The molecule has 5 heteroatoms. The predicted octanol–water partition coefficient (Wildman–Crippen LogP) is 3.59. The van der Waals surface area contributed by atoms with Crippen LogP contribution < -0.4 is 5.32 Å². The lowest BCUT2D eigenvalue weighted by Gasteiger charge is -2.09. The van der Waals surface area contributed by atoms with E-state index in [-0.39, 0.29) is 17.9 Å². The molecule has 2 aromatic carbocycles. The Bertz CT molecular complexity index is 899. The van der Waals surface area contributed by atoms with Crippen molar-refractivity contribution in [3.63, 3.8) is 0 Å². The highest BCUT2D eigenvalue weighted by Gasteiger charge is 2.32. The van der Waals surface area contributed by atoms with Crippen molar-refractivity contribution in [2.75, 3.05) is 0 Å². The molecule has 116 valence electrons. The van der Waals surface area contributed by atoms with Crippen LogP contribution in [0.4, 0.5) is 9.18 Å². The van der Waals surface area contributed by atoms with Gasteiger partial charge in [0.05, 0.1) is 17.1 Å². The summed E-state index contributed by atoms with van der Waals surface area (Å²) in [5.41, 5.74) is 3.58. The Morgan fingerprint density at radius 3 is 2.65 bits per heavy atom. The normalized spacial score (nSPS) is 16.6. The van der Waals surface area contributed by atoms with E-state index in [0.717, 1.165) is 12.0 Å². The maximum atomic E-state index is 13.5. The molecular weight excluding hydrogens is 293 g/mol. The number of hydrogen-bond acceptors (Lipinski definition) is 2. The molecule has 0 bridgehead atoms. The van der Waals surface area contributed by atoms with E-state index >= 15 is 0 Å². The lowest BCUT2D eigenvalue weighted by Crippen LogP contribution is -2.22. The van der Waals surface area contributed by atoms with Gasteiger partial charge in [-0.3, -0.25) is 0 Å². The molecule has 1 aliphatic heterocycles. The van der Waals surface area contributed by atoms with Crippen molar-refractivity contribution in [2.45, 2.75) is 25.8 Å². The number of nitrogens with one attached hydrogen (secondary N) is 1. The molecule has 0 spiro atoms. The van der Waals surface area contributed by atoms with Crippen molar-refractivity contribution in [3.8, 4) is 0 Å². The fourth-order valence-electron chi connectivity index (χ4n) is 3.08. The van der Waals surface area contributed by atoms with Crippen LogP contribution in [0, 0.1) is 5.82 Å². The lowest BCUT2D eigenvalue weighted by atomic mass is 10.0. The Balaban J connectivity index is 1.70. The van der Waals surface area contributed by atoms with Gasteiger partial charge in [0.1, 0.15) is 11.6 Å². The minimum Gasteiger partial charge on any atom is -0.327 e. The summed E-state index contributed by atoms with van der Waals surface area (Å²) in [4.78, 5) is 16.8. The van der Waals surface area contributed by atoms with Gasteiger partial charge in [0.15, 0.2) is 0 Å². The number of rotatable bonds is 3. The molecular formula is C18H16FN3O. The van der Waals surface area contributed by atoms with E-state index in [9.17, 15) is 9.18 Å². The largest absolute Gasteiger partial charge is 0.328 e. The molecule has 23 heavy (non-hydrogen) atoms. The van der Waals surface area contributed by atoms with Gasteiger partial charge in [-0.1, -0.05) is 31.2 Å². The molecule has 4 nitrogen and oxygen atoms in total. The third-order valence-corrected chi connectivity index (χ3v) is 4.33. The average Bonchev–Trinajstić information content (AvgIpc) is 3.06. The summed E-state index contributed by atoms with van der Waals surface area (Å²) in [6, 6.07) is 12.2. The van der Waals surface area contributed by atoms with E-state index in [1.54, 1.807) is 6.07 Å². The van der Waals surface area contributed by atoms with E-state index < -0.39 is 0 Å². The molecule has 0 radical (unpaired) electrons. The Morgan fingerprint density at radius 2 is 1.91 bits per heavy atom. The second-order valence-corrected chi connectivity index (χ2v) is 5.81. The topological polar surface area (TPSA) is 46.9 Å². The van der Waals surface area contributed by atoms with Gasteiger partial charge in [-0.05, 0) is 36.1 Å². The second-order valence-electron chi connectivity index (χ2n) is 5.81. The van der Waals surface area contributed by atoms with E-state index in [1.807, 2.05) is 0 Å². The van der Waals surface area contributed by atoms with E-state index in [1.165, 1.54) is 22.3 Å². The van der Waals surface area contributed by atoms with Gasteiger partial charge >= 0.3 is 6.03 Å². The summed E-state index contributed by atoms with van der Waals surface area (Å²) in [6.07, 6.45) is 1.67. The molecule has 1 N–H and O–H groups in total. The zero-order chi connectivity index (χ0) is 16.0. The predicted molar refractivity (Wildman–Crippen MR) is 85.9 cm³/mol. The molecule has 0 saturated carbocycles. The summed E-state index contributed by atoms with van der Waals surface area (Å²) in [7, 11) is 0. The molecule has 2 heterocycles. The number of amides is 1. The fourth-order valence-corrected chi connectivity index (χ4v) is 3.08. The molecule has 0 aliphatic carbocycles. The molecule has 3 aromatic rings. The van der Waals surface area contributed by atoms with Gasteiger partial charge in [0.25, 0.3) is 0 Å². The number of hydrogen-bond donors (Lipinski definition) is 1. The van der Waals surface area contributed by atoms with Gasteiger partial charge < -0.3 is 5.32 Å². The number of fused-ring (bicyclic) bond motifs is 3. The van der Waals surface area contributed by atoms with Crippen LogP contribution in [0.1, 0.15) is 29.9 Å². The first kappa shape index (κ1) is 13.9. The van der Waals surface area contributed by atoms with Gasteiger partial charge in [0.2, 0.25) is 0 Å². The number of carbonyl (C=O) groups is 1. The third-order valence-electron chi connectivity index (χ3n) is 4.33. The van der Waals surface area contributed by atoms with Crippen LogP contribution in [0.5, 0.6) is 0 Å². The van der Waals surface area contributed by atoms with Crippen LogP contribution in [0.25, 0.3) is 11.0 Å². The number of carbonyl (C=O) groups excluding carboxylic acids is 1. The number of imidazole rings is 1. The zero-order valence-corrected chi connectivity index (χ0v) is 12.7. The average molecular weight is 309 g/mol. The SMILES string of the molecule is CCc1ccc(CC2NC(=O)n3c2nc2ccc(F)cc23)cc1. The zero-order valence-electron chi connectivity index (χ0n) is 12.7. The van der Waals surface area contributed by atoms with Crippen LogP contribution in [-0.4, -0.2) is 15.6 Å². The molecule has 0 saturated heterocycles. The first-order valence-electron chi connectivity index (χ1n) is 7.72. The summed E-state index contributed by atoms with van der Waals surface area (Å²) in [6.45, 7) is 2.12. The number of aryl methyl sites for hydroxylation is 1. The van der Waals surface area contributed by atoms with Crippen molar-refractivity contribution in [2.24, 2.45) is 0 Å². The molecule has 1 atom stereocenters. The van der Waals surface area contributed by atoms with Crippen molar-refractivity contribution in [1.82, 2.24) is 14.9 Å². The minimum atomic E-state index is -0.369. The maximum absolute atomic E-state index is 13.5. The number of aromatic nitrogens is 2. The van der Waals surface area contributed by atoms with Gasteiger partial charge in [-0.25, -0.2) is 18.7 Å². The number of nitrogens with zero attached hydrogens (tertiary/aromatic N) is 2. The van der Waals surface area contributed by atoms with Gasteiger partial charge in [-0.15, -0.1) is 0 Å². The molecule has 1 aliphatic rings. The second kappa shape index (κ2) is 5.19. The monoisotopic (exact) mass is 309 g/mol. The quantitative estimate of drug-likeness (QED) is 0.803. The van der Waals surface area contributed by atoms with Crippen molar-refractivity contribution < 1.29 is 9.18 Å². The maximum Gasteiger partial charge on any atom is 0.328 e. The van der Waals surface area contributed by atoms with E-state index in [2.05, 4.69) is 41.5 Å². The number of benzene rings is 2. The molecule has 1 aromatic heterocycles. The molecule has 4 rings (SSSR count). The number of halogens is 1. The van der Waals surface area contributed by atoms with E-state index in [4.69, 9.17) is 0 Å². The van der Waals surface area contributed by atoms with E-state index in [0.29, 0.717) is 23.3 Å². The Labute approximate surface area is 133 Å². The minimum absolute atomic E-state index is 0.189. The van der Waals surface area contributed by atoms with Crippen LogP contribution in [0.2, 0.25) is 0 Å². The lowest BCUT2D eigenvalue weighted by molar-refractivity contribution is 0.245. The highest BCUT2D eigenvalue weighted by atomic mass is 19.1. The van der Waals surface area contributed by atoms with Crippen LogP contribution >= 0.6 is 0 Å². The first-order chi connectivity index (χ1) is 11.2. The Morgan fingerprint density at radius 1 is 1.17 bits per heavy atom. The van der Waals surface area contributed by atoms with Crippen LogP contribution in [-0.2, 0) is 12.8 Å². The summed E-state index contributed by atoms with van der Waals surface area (Å²) < 4.78 is 14.9. The van der Waals surface area contributed by atoms with Gasteiger partial charge in [-0.2, -0.15) is 0 Å². The first-order valence-corrected chi connectivity index (χ1v) is 7.72. The highest BCUT2D eigenvalue weighted by Crippen LogP contribution is 2.28. The smallest absolute Gasteiger partial charge is 0.327 e.